The molecule has 0 aliphatic rings. The first-order valence-electron chi connectivity index (χ1n) is 15.7. The Labute approximate surface area is 272 Å². The van der Waals surface area contributed by atoms with E-state index in [-0.39, 0.29) is 37.0 Å². The summed E-state index contributed by atoms with van der Waals surface area (Å²) in [6, 6.07) is 23.4. The number of nitrogens with one attached hydrogen (secondary N) is 1. The highest BCUT2D eigenvalue weighted by Crippen LogP contribution is 2.27. The summed E-state index contributed by atoms with van der Waals surface area (Å²) in [5.74, 6) is -0.240. The van der Waals surface area contributed by atoms with Crippen LogP contribution in [-0.4, -0.2) is 56.7 Å². The molecule has 0 bridgehead atoms. The lowest BCUT2D eigenvalue weighted by Crippen LogP contribution is -2.45. The largest absolute Gasteiger partial charge is 0.497 e. The molecule has 0 heterocycles. The molecule has 0 aromatic heterocycles. The fraction of sp³-hybridized carbons (Fsp3) is 0.459. The second-order valence-electron chi connectivity index (χ2n) is 12.3. The number of halogens is 1. The molecule has 1 amide bonds. The molecule has 4 atom stereocenters. The van der Waals surface area contributed by atoms with Crippen LogP contribution < -0.4 is 10.1 Å². The number of hydrogen-bond donors (Lipinski definition) is 1. The molecule has 0 spiro atoms. The van der Waals surface area contributed by atoms with Crippen molar-refractivity contribution >= 4 is 12.1 Å². The Morgan fingerprint density at radius 1 is 0.826 bits per heavy atom. The minimum atomic E-state index is -0.950. The number of amides is 1. The Kier molecular flexibility index (Phi) is 14.5. The van der Waals surface area contributed by atoms with Gasteiger partial charge in [-0.25, -0.2) is 14.0 Å². The molecule has 0 aliphatic heterocycles. The molecule has 0 saturated heterocycles. The fourth-order valence-corrected chi connectivity index (χ4v) is 5.12. The lowest BCUT2D eigenvalue weighted by molar-refractivity contribution is -0.144. The Hall–Kier alpha value is -3.95. The highest BCUT2D eigenvalue weighted by molar-refractivity contribution is 5.81. The zero-order valence-corrected chi connectivity index (χ0v) is 27.8. The number of ether oxygens (including phenoxy) is 5. The van der Waals surface area contributed by atoms with Gasteiger partial charge in [0.2, 0.25) is 0 Å². The van der Waals surface area contributed by atoms with E-state index >= 15 is 0 Å². The van der Waals surface area contributed by atoms with Gasteiger partial charge in [-0.2, -0.15) is 0 Å². The van der Waals surface area contributed by atoms with Crippen LogP contribution in [0.2, 0.25) is 0 Å². The van der Waals surface area contributed by atoms with Crippen molar-refractivity contribution in [3.05, 3.63) is 101 Å². The first-order valence-corrected chi connectivity index (χ1v) is 15.7. The summed E-state index contributed by atoms with van der Waals surface area (Å²) >= 11 is 0. The van der Waals surface area contributed by atoms with E-state index in [0.717, 1.165) is 23.3 Å². The number of carbonyl (C=O) groups excluding carboxylic acids is 2. The minimum Gasteiger partial charge on any atom is -0.497 e. The summed E-state index contributed by atoms with van der Waals surface area (Å²) in [7, 11) is 2.90. The standard InChI is InChI=1S/C37H48FNO7/c1-26(45-25-29-14-19-31(42-5)20-15-29)32(24-28-12-17-30(38)18-13-28)34(21-16-27-10-8-7-9-11-27)44-23-22-33(35(40)43-6)39-36(41)46-37(2,3)4/h7-15,17-20,26,32-34H,16,21-25H2,1-6H3,(H,39,41)/t26-,32-,33?,34+/m0/s1. The second kappa shape index (κ2) is 18.3. The molecule has 3 aromatic carbocycles. The van der Waals surface area contributed by atoms with Gasteiger partial charge in [0.25, 0.3) is 0 Å². The lowest BCUT2D eigenvalue weighted by atomic mass is 9.86. The number of aryl methyl sites for hydroxylation is 1. The molecule has 3 rings (SSSR count). The quantitative estimate of drug-likeness (QED) is 0.158. The molecule has 0 fully saturated rings. The molecule has 3 aromatic rings. The van der Waals surface area contributed by atoms with Crippen molar-refractivity contribution in [1.82, 2.24) is 5.32 Å². The summed E-state index contributed by atoms with van der Waals surface area (Å²) in [5.41, 5.74) is 2.41. The van der Waals surface area contributed by atoms with Crippen LogP contribution in [-0.2, 0) is 43.2 Å². The molecule has 250 valence electrons. The summed E-state index contributed by atoms with van der Waals surface area (Å²) in [6.07, 6.45) is 0.943. The molecule has 1 unspecified atom stereocenters. The third kappa shape index (κ3) is 12.8. The molecule has 8 nitrogen and oxygen atoms in total. The Morgan fingerprint density at radius 2 is 1.48 bits per heavy atom. The summed E-state index contributed by atoms with van der Waals surface area (Å²) in [4.78, 5) is 25.0. The third-order valence-electron chi connectivity index (χ3n) is 7.61. The smallest absolute Gasteiger partial charge is 0.408 e. The predicted molar refractivity (Wildman–Crippen MR) is 175 cm³/mol. The number of methoxy groups -OCH3 is 2. The van der Waals surface area contributed by atoms with Crippen LogP contribution in [0.5, 0.6) is 5.75 Å². The van der Waals surface area contributed by atoms with Gasteiger partial charge in [-0.1, -0.05) is 54.6 Å². The molecule has 9 heteroatoms. The highest BCUT2D eigenvalue weighted by Gasteiger charge is 2.30. The minimum absolute atomic E-state index is 0.122. The van der Waals surface area contributed by atoms with Crippen LogP contribution in [0.1, 0.15) is 57.2 Å². The van der Waals surface area contributed by atoms with Crippen molar-refractivity contribution in [2.24, 2.45) is 5.92 Å². The molecular formula is C37H48FNO7. The van der Waals surface area contributed by atoms with E-state index in [4.69, 9.17) is 23.7 Å². The van der Waals surface area contributed by atoms with Gasteiger partial charge in [0.15, 0.2) is 0 Å². The number of alkyl carbamates (subject to hydrolysis) is 1. The number of benzene rings is 3. The average Bonchev–Trinajstić information content (AvgIpc) is 3.04. The maximum Gasteiger partial charge on any atom is 0.408 e. The normalized spacial score (nSPS) is 14.1. The predicted octanol–water partition coefficient (Wildman–Crippen LogP) is 7.07. The molecule has 0 saturated carbocycles. The maximum absolute atomic E-state index is 13.8. The molecule has 0 aliphatic carbocycles. The third-order valence-corrected chi connectivity index (χ3v) is 7.61. The Bertz CT molecular complexity index is 1330. The van der Waals surface area contributed by atoms with E-state index in [1.54, 1.807) is 40.0 Å². The van der Waals surface area contributed by atoms with Gasteiger partial charge in [0.05, 0.1) is 33.0 Å². The maximum atomic E-state index is 13.8. The average molecular weight is 638 g/mol. The van der Waals surface area contributed by atoms with Gasteiger partial charge in [-0.05, 0) is 87.9 Å². The topological polar surface area (TPSA) is 92.3 Å². The summed E-state index contributed by atoms with van der Waals surface area (Å²) in [5, 5.41) is 2.61. The van der Waals surface area contributed by atoms with Crippen molar-refractivity contribution in [3.8, 4) is 5.75 Å². The molecular weight excluding hydrogens is 589 g/mol. The zero-order chi connectivity index (χ0) is 33.5. The van der Waals surface area contributed by atoms with Gasteiger partial charge < -0.3 is 29.0 Å². The van der Waals surface area contributed by atoms with Gasteiger partial charge in [0.1, 0.15) is 23.2 Å². The molecule has 0 radical (unpaired) electrons. The van der Waals surface area contributed by atoms with Gasteiger partial charge in [-0.3, -0.25) is 0 Å². The second-order valence-corrected chi connectivity index (χ2v) is 12.3. The number of carbonyl (C=O) groups is 2. The van der Waals surface area contributed by atoms with Gasteiger partial charge >= 0.3 is 12.1 Å². The van der Waals surface area contributed by atoms with Crippen LogP contribution >= 0.6 is 0 Å². The molecule has 1 N–H and O–H groups in total. The van der Waals surface area contributed by atoms with Crippen LogP contribution in [0, 0.1) is 11.7 Å². The van der Waals surface area contributed by atoms with E-state index in [9.17, 15) is 14.0 Å². The van der Waals surface area contributed by atoms with Crippen molar-refractivity contribution in [1.29, 1.82) is 0 Å². The van der Waals surface area contributed by atoms with Crippen LogP contribution in [0.4, 0.5) is 9.18 Å². The van der Waals surface area contributed by atoms with Crippen LogP contribution in [0.15, 0.2) is 78.9 Å². The number of rotatable bonds is 17. The number of esters is 1. The Morgan fingerprint density at radius 3 is 2.09 bits per heavy atom. The van der Waals surface area contributed by atoms with Gasteiger partial charge in [0, 0.05) is 18.9 Å². The first-order chi connectivity index (χ1) is 22.0. The van der Waals surface area contributed by atoms with E-state index in [1.807, 2.05) is 49.4 Å². The van der Waals surface area contributed by atoms with Crippen molar-refractivity contribution in [3.63, 3.8) is 0 Å². The monoisotopic (exact) mass is 637 g/mol. The highest BCUT2D eigenvalue weighted by atomic mass is 19.1. The number of hydrogen-bond acceptors (Lipinski definition) is 7. The first kappa shape index (κ1) is 36.5. The van der Waals surface area contributed by atoms with E-state index < -0.39 is 23.7 Å². The van der Waals surface area contributed by atoms with Gasteiger partial charge in [-0.15, -0.1) is 0 Å². The van der Waals surface area contributed by atoms with Crippen LogP contribution in [0.3, 0.4) is 0 Å². The van der Waals surface area contributed by atoms with E-state index in [2.05, 4.69) is 17.4 Å². The lowest BCUT2D eigenvalue weighted by Gasteiger charge is -2.33. The zero-order valence-electron chi connectivity index (χ0n) is 27.8. The van der Waals surface area contributed by atoms with Crippen molar-refractivity contribution in [2.45, 2.75) is 83.8 Å². The van der Waals surface area contributed by atoms with E-state index in [0.29, 0.717) is 19.4 Å². The van der Waals surface area contributed by atoms with Crippen LogP contribution in [0.25, 0.3) is 0 Å². The SMILES string of the molecule is COC(=O)C(CCO[C@H](CCc1ccccc1)[C@@H](Cc1ccc(F)cc1)[C@H](C)OCc1ccc(OC)cc1)NC(=O)OC(C)(C)C. The molecule has 46 heavy (non-hydrogen) atoms. The summed E-state index contributed by atoms with van der Waals surface area (Å²) in [6.45, 7) is 7.83. The van der Waals surface area contributed by atoms with Crippen molar-refractivity contribution in [2.75, 3.05) is 20.8 Å². The summed E-state index contributed by atoms with van der Waals surface area (Å²) < 4.78 is 42.4. The van der Waals surface area contributed by atoms with E-state index in [1.165, 1.54) is 24.8 Å². The fourth-order valence-electron chi connectivity index (χ4n) is 5.12. The Balaban J connectivity index is 1.81. The van der Waals surface area contributed by atoms with Crippen molar-refractivity contribution < 1.29 is 37.7 Å².